The van der Waals surface area contributed by atoms with Crippen LogP contribution in [0.1, 0.15) is 36.1 Å². The van der Waals surface area contributed by atoms with E-state index in [0.29, 0.717) is 22.5 Å². The molecule has 0 saturated carbocycles. The molecule has 2 aromatic carbocycles. The van der Waals surface area contributed by atoms with Crippen LogP contribution in [-0.4, -0.2) is 15.5 Å². The van der Waals surface area contributed by atoms with E-state index in [1.54, 1.807) is 0 Å². The van der Waals surface area contributed by atoms with Crippen LogP contribution >= 0.6 is 11.3 Å². The van der Waals surface area contributed by atoms with Gasteiger partial charge in [0.05, 0.1) is 5.39 Å². The number of primary amides is 1. The molecule has 0 aliphatic heterocycles. The number of carbonyl (C=O) groups is 1. The third kappa shape index (κ3) is 3.68. The van der Waals surface area contributed by atoms with Crippen molar-refractivity contribution in [2.24, 2.45) is 5.73 Å². The Bertz CT molecular complexity index is 1350. The fourth-order valence-electron chi connectivity index (χ4n) is 4.02. The first-order valence-corrected chi connectivity index (χ1v) is 11.2. The lowest BCUT2D eigenvalue weighted by Gasteiger charge is -2.19. The summed E-state index contributed by atoms with van der Waals surface area (Å²) in [6, 6.07) is 13.2. The molecule has 5 nitrogen and oxygen atoms in total. The molecule has 2 heterocycles. The molecule has 1 atom stereocenters. The first kappa shape index (κ1) is 21.0. The number of fused-ring (bicyclic) bond motifs is 1. The van der Waals surface area contributed by atoms with Crippen molar-refractivity contribution in [2.45, 2.75) is 40.2 Å². The van der Waals surface area contributed by atoms with E-state index in [0.717, 1.165) is 33.4 Å². The van der Waals surface area contributed by atoms with Gasteiger partial charge in [-0.1, -0.05) is 60.5 Å². The van der Waals surface area contributed by atoms with Crippen molar-refractivity contribution in [3.8, 4) is 22.5 Å². The standard InChI is InChI=1S/C25H25N3O2S/c1-5-20(22(26)29)28-23(17-9-6-14(2)7-10-17)27-24-21(25(28)30)19(13-31-24)18-11-8-15(3)12-16(18)4/h6-13,20H,5H2,1-4H3,(H2,26,29). The Hall–Kier alpha value is -3.25. The van der Waals surface area contributed by atoms with Crippen LogP contribution in [0.3, 0.4) is 0 Å². The van der Waals surface area contributed by atoms with Crippen molar-refractivity contribution in [1.29, 1.82) is 0 Å². The van der Waals surface area contributed by atoms with Gasteiger partial charge in [0.1, 0.15) is 16.7 Å². The average molecular weight is 432 g/mol. The number of thiophene rings is 1. The highest BCUT2D eigenvalue weighted by Gasteiger charge is 2.25. The van der Waals surface area contributed by atoms with Crippen LogP contribution in [0, 0.1) is 20.8 Å². The number of benzene rings is 2. The highest BCUT2D eigenvalue weighted by Crippen LogP contribution is 2.35. The third-order valence-electron chi connectivity index (χ3n) is 5.65. The fourth-order valence-corrected chi connectivity index (χ4v) is 4.95. The minimum atomic E-state index is -0.771. The van der Waals surface area contributed by atoms with Crippen LogP contribution in [0.5, 0.6) is 0 Å². The molecule has 4 aromatic rings. The zero-order valence-corrected chi connectivity index (χ0v) is 18.9. The summed E-state index contributed by atoms with van der Waals surface area (Å²) in [4.78, 5) is 31.6. The number of nitrogens with two attached hydrogens (primary N) is 1. The zero-order chi connectivity index (χ0) is 22.3. The number of aromatic nitrogens is 2. The molecule has 4 rings (SSSR count). The molecule has 2 aromatic heterocycles. The second-order valence-electron chi connectivity index (χ2n) is 7.95. The van der Waals surface area contributed by atoms with E-state index in [2.05, 4.69) is 6.07 Å². The minimum absolute atomic E-state index is 0.234. The largest absolute Gasteiger partial charge is 0.368 e. The summed E-state index contributed by atoms with van der Waals surface area (Å²) in [5.41, 5.74) is 11.5. The predicted molar refractivity (Wildman–Crippen MR) is 127 cm³/mol. The molecule has 0 fully saturated rings. The van der Waals surface area contributed by atoms with Crippen LogP contribution < -0.4 is 11.3 Å². The van der Waals surface area contributed by atoms with Crippen molar-refractivity contribution in [1.82, 2.24) is 9.55 Å². The van der Waals surface area contributed by atoms with Gasteiger partial charge in [0, 0.05) is 16.5 Å². The molecular formula is C25H25N3O2S. The first-order valence-electron chi connectivity index (χ1n) is 10.3. The molecule has 31 heavy (non-hydrogen) atoms. The summed E-state index contributed by atoms with van der Waals surface area (Å²) in [5.74, 6) is -0.0698. The normalized spacial score (nSPS) is 12.3. The second kappa shape index (κ2) is 8.12. The topological polar surface area (TPSA) is 78.0 Å². The molecule has 0 saturated heterocycles. The summed E-state index contributed by atoms with van der Waals surface area (Å²) >= 11 is 1.44. The number of amides is 1. The van der Waals surface area contributed by atoms with Gasteiger partial charge in [-0.2, -0.15) is 0 Å². The van der Waals surface area contributed by atoms with E-state index in [4.69, 9.17) is 10.7 Å². The number of hydrogen-bond donors (Lipinski definition) is 1. The van der Waals surface area contributed by atoms with Crippen LogP contribution in [0.25, 0.3) is 32.7 Å². The zero-order valence-electron chi connectivity index (χ0n) is 18.1. The molecule has 1 amide bonds. The van der Waals surface area contributed by atoms with Crippen LogP contribution in [0.4, 0.5) is 0 Å². The van der Waals surface area contributed by atoms with E-state index < -0.39 is 11.9 Å². The average Bonchev–Trinajstić information content (AvgIpc) is 3.14. The quantitative estimate of drug-likeness (QED) is 0.474. The van der Waals surface area contributed by atoms with Gasteiger partial charge in [-0.25, -0.2) is 4.98 Å². The third-order valence-corrected chi connectivity index (χ3v) is 6.52. The van der Waals surface area contributed by atoms with E-state index >= 15 is 0 Å². The van der Waals surface area contributed by atoms with Crippen LogP contribution in [0.2, 0.25) is 0 Å². The van der Waals surface area contributed by atoms with Gasteiger partial charge >= 0.3 is 0 Å². The van der Waals surface area contributed by atoms with E-state index in [1.807, 2.05) is 69.5 Å². The Balaban J connectivity index is 2.07. The minimum Gasteiger partial charge on any atom is -0.368 e. The van der Waals surface area contributed by atoms with Gasteiger partial charge in [0.15, 0.2) is 0 Å². The molecule has 158 valence electrons. The fraction of sp³-hybridized carbons (Fsp3) is 0.240. The van der Waals surface area contributed by atoms with Crippen molar-refractivity contribution in [3.63, 3.8) is 0 Å². The van der Waals surface area contributed by atoms with Crippen molar-refractivity contribution in [3.05, 3.63) is 74.9 Å². The SMILES string of the molecule is CCC(C(N)=O)n1c(-c2ccc(C)cc2)nc2scc(-c3ccc(C)cc3C)c2c1=O. The lowest BCUT2D eigenvalue weighted by atomic mass is 9.99. The second-order valence-corrected chi connectivity index (χ2v) is 8.81. The summed E-state index contributed by atoms with van der Waals surface area (Å²) in [5, 5.41) is 2.51. The molecule has 6 heteroatoms. The van der Waals surface area contributed by atoms with Gasteiger partial charge < -0.3 is 5.73 Å². The summed E-state index contributed by atoms with van der Waals surface area (Å²) in [7, 11) is 0. The van der Waals surface area contributed by atoms with Crippen LogP contribution in [-0.2, 0) is 4.79 Å². The summed E-state index contributed by atoms with van der Waals surface area (Å²) < 4.78 is 1.48. The smallest absolute Gasteiger partial charge is 0.263 e. The van der Waals surface area contributed by atoms with Gasteiger partial charge in [0.2, 0.25) is 5.91 Å². The number of rotatable bonds is 5. The molecular weight excluding hydrogens is 406 g/mol. The predicted octanol–water partition coefficient (Wildman–Crippen LogP) is 5.15. The van der Waals surface area contributed by atoms with Gasteiger partial charge in [-0.3, -0.25) is 14.2 Å². The number of hydrogen-bond acceptors (Lipinski definition) is 4. The summed E-state index contributed by atoms with van der Waals surface area (Å²) in [6.07, 6.45) is 0.407. The molecule has 0 spiro atoms. The maximum atomic E-state index is 13.8. The lowest BCUT2D eigenvalue weighted by molar-refractivity contribution is -0.121. The van der Waals surface area contributed by atoms with E-state index in [1.165, 1.54) is 15.9 Å². The number of carbonyl (C=O) groups excluding carboxylic acids is 1. The molecule has 0 radical (unpaired) electrons. The lowest BCUT2D eigenvalue weighted by Crippen LogP contribution is -2.35. The summed E-state index contributed by atoms with van der Waals surface area (Å²) in [6.45, 7) is 7.94. The van der Waals surface area contributed by atoms with E-state index in [9.17, 15) is 9.59 Å². The van der Waals surface area contributed by atoms with Crippen molar-refractivity contribution in [2.75, 3.05) is 0 Å². The highest BCUT2D eigenvalue weighted by molar-refractivity contribution is 7.17. The van der Waals surface area contributed by atoms with Crippen molar-refractivity contribution >= 4 is 27.5 Å². The Kier molecular flexibility index (Phi) is 5.50. The van der Waals surface area contributed by atoms with Gasteiger partial charge in [-0.15, -0.1) is 11.3 Å². The van der Waals surface area contributed by atoms with E-state index in [-0.39, 0.29) is 5.56 Å². The van der Waals surface area contributed by atoms with Gasteiger partial charge in [0.25, 0.3) is 5.56 Å². The maximum absolute atomic E-state index is 13.8. The van der Waals surface area contributed by atoms with Crippen molar-refractivity contribution < 1.29 is 4.79 Å². The molecule has 1 unspecified atom stereocenters. The first-order chi connectivity index (χ1) is 14.8. The molecule has 0 bridgehead atoms. The number of aryl methyl sites for hydroxylation is 3. The van der Waals surface area contributed by atoms with Crippen LogP contribution in [0.15, 0.2) is 52.6 Å². The monoisotopic (exact) mass is 431 g/mol. The Morgan fingerprint density at radius 3 is 2.35 bits per heavy atom. The maximum Gasteiger partial charge on any atom is 0.263 e. The highest BCUT2D eigenvalue weighted by atomic mass is 32.1. The Labute approximate surface area is 185 Å². The Morgan fingerprint density at radius 2 is 1.74 bits per heavy atom. The molecule has 0 aliphatic rings. The molecule has 2 N–H and O–H groups in total. The van der Waals surface area contributed by atoms with Gasteiger partial charge in [-0.05, 0) is 38.3 Å². The number of nitrogens with zero attached hydrogens (tertiary/aromatic N) is 2. The Morgan fingerprint density at radius 1 is 1.06 bits per heavy atom. The molecule has 0 aliphatic carbocycles.